The Balaban J connectivity index is 1.87. The monoisotopic (exact) mass is 328 g/mol. The molecule has 0 aliphatic carbocycles. The van der Waals surface area contributed by atoms with Gasteiger partial charge in [-0.2, -0.15) is 0 Å². The molecule has 2 aromatic heterocycles. The maximum atomic E-state index is 3.67. The van der Waals surface area contributed by atoms with Gasteiger partial charge >= 0.3 is 0 Å². The van der Waals surface area contributed by atoms with Crippen LogP contribution in [0.25, 0.3) is 10.9 Å². The summed E-state index contributed by atoms with van der Waals surface area (Å²) in [6.45, 7) is 4.26. The summed E-state index contributed by atoms with van der Waals surface area (Å²) in [5.74, 6) is 0.998. The van der Waals surface area contributed by atoms with E-state index in [0.29, 0.717) is 0 Å². The molecule has 0 aliphatic rings. The molecule has 25 heavy (non-hydrogen) atoms. The van der Waals surface area contributed by atoms with Gasteiger partial charge in [-0.1, -0.05) is 54.1 Å². The van der Waals surface area contributed by atoms with Crippen molar-refractivity contribution in [2.24, 2.45) is 0 Å². The zero-order valence-corrected chi connectivity index (χ0v) is 14.5. The third-order valence-corrected chi connectivity index (χ3v) is 4.65. The predicted octanol–water partition coefficient (Wildman–Crippen LogP) is 4.80. The molecule has 4 aromatic rings. The van der Waals surface area contributed by atoms with E-state index < -0.39 is 0 Å². The SMILES string of the molecule is Cc1ccc(C(Nc2cccc[nH+]2)c2c(C)[nH]c3ccccc23)cc1. The van der Waals surface area contributed by atoms with Crippen molar-refractivity contribution in [3.05, 3.63) is 95.3 Å². The average molecular weight is 328 g/mol. The van der Waals surface area contributed by atoms with Gasteiger partial charge in [-0.15, -0.1) is 0 Å². The minimum Gasteiger partial charge on any atom is -0.358 e. The zero-order valence-electron chi connectivity index (χ0n) is 14.5. The van der Waals surface area contributed by atoms with E-state index in [2.05, 4.69) is 83.7 Å². The highest BCUT2D eigenvalue weighted by molar-refractivity contribution is 5.86. The largest absolute Gasteiger partial charge is 0.358 e. The highest BCUT2D eigenvalue weighted by Gasteiger charge is 2.24. The Bertz CT molecular complexity index is 985. The van der Waals surface area contributed by atoms with Crippen LogP contribution in [-0.4, -0.2) is 4.98 Å². The Labute approximate surface area is 147 Å². The lowest BCUT2D eigenvalue weighted by atomic mass is 9.95. The van der Waals surface area contributed by atoms with Crippen molar-refractivity contribution in [1.29, 1.82) is 0 Å². The summed E-state index contributed by atoms with van der Waals surface area (Å²) in [6, 6.07) is 23.4. The van der Waals surface area contributed by atoms with Crippen LogP contribution in [0.4, 0.5) is 5.82 Å². The fourth-order valence-electron chi connectivity index (χ4n) is 3.39. The molecule has 4 rings (SSSR count). The number of para-hydroxylation sites is 1. The van der Waals surface area contributed by atoms with Crippen LogP contribution < -0.4 is 10.3 Å². The highest BCUT2D eigenvalue weighted by Crippen LogP contribution is 2.33. The van der Waals surface area contributed by atoms with Crippen molar-refractivity contribution in [3.63, 3.8) is 0 Å². The van der Waals surface area contributed by atoms with Crippen molar-refractivity contribution >= 4 is 16.7 Å². The maximum Gasteiger partial charge on any atom is 0.272 e. The van der Waals surface area contributed by atoms with E-state index in [1.807, 2.05) is 18.3 Å². The topological polar surface area (TPSA) is 42.0 Å². The molecule has 2 aromatic carbocycles. The van der Waals surface area contributed by atoms with Crippen LogP contribution >= 0.6 is 0 Å². The minimum absolute atomic E-state index is 0.0652. The van der Waals surface area contributed by atoms with Crippen molar-refractivity contribution in [2.75, 3.05) is 5.32 Å². The number of benzene rings is 2. The Kier molecular flexibility index (Phi) is 3.98. The molecular weight excluding hydrogens is 306 g/mol. The maximum absolute atomic E-state index is 3.67. The lowest BCUT2D eigenvalue weighted by Crippen LogP contribution is -2.19. The molecular formula is C22H22N3+. The predicted molar refractivity (Wildman–Crippen MR) is 103 cm³/mol. The number of aromatic nitrogens is 2. The molecule has 0 spiro atoms. The van der Waals surface area contributed by atoms with Gasteiger partial charge in [0.25, 0.3) is 5.82 Å². The summed E-state index contributed by atoms with van der Waals surface area (Å²) in [5, 5.41) is 4.93. The molecule has 0 saturated carbocycles. The van der Waals surface area contributed by atoms with Gasteiger partial charge in [-0.05, 0) is 26.0 Å². The minimum atomic E-state index is 0.0652. The molecule has 0 bridgehead atoms. The standard InChI is InChI=1S/C22H21N3/c1-15-10-12-17(13-11-15)22(25-20-9-5-6-14-23-20)21-16(2)24-19-8-4-3-7-18(19)21/h3-14,22,24H,1-2H3,(H,23,25)/p+1. The van der Waals surface area contributed by atoms with E-state index in [1.165, 1.54) is 33.3 Å². The van der Waals surface area contributed by atoms with Crippen LogP contribution in [0.2, 0.25) is 0 Å². The quantitative estimate of drug-likeness (QED) is 0.555. The van der Waals surface area contributed by atoms with Gasteiger partial charge in [0.15, 0.2) is 0 Å². The lowest BCUT2D eigenvalue weighted by Gasteiger charge is -2.16. The first kappa shape index (κ1) is 15.5. The molecule has 1 atom stereocenters. The molecule has 124 valence electrons. The highest BCUT2D eigenvalue weighted by atomic mass is 15.0. The number of anilines is 1. The molecule has 0 saturated heterocycles. The van der Waals surface area contributed by atoms with Gasteiger partial charge in [0.2, 0.25) is 0 Å². The summed E-state index contributed by atoms with van der Waals surface area (Å²) in [7, 11) is 0. The first-order chi connectivity index (χ1) is 12.2. The number of hydrogen-bond donors (Lipinski definition) is 2. The average Bonchev–Trinajstić information content (AvgIpc) is 2.97. The summed E-state index contributed by atoms with van der Waals surface area (Å²) < 4.78 is 0. The van der Waals surface area contributed by atoms with Crippen molar-refractivity contribution in [2.45, 2.75) is 19.9 Å². The molecule has 1 unspecified atom stereocenters. The summed E-state index contributed by atoms with van der Waals surface area (Å²) in [5.41, 5.74) is 6.16. The third-order valence-electron chi connectivity index (χ3n) is 4.65. The number of aromatic amines is 2. The normalized spacial score (nSPS) is 12.2. The molecule has 0 amide bonds. The van der Waals surface area contributed by atoms with Gasteiger partial charge in [0.1, 0.15) is 6.04 Å². The van der Waals surface area contributed by atoms with Gasteiger partial charge in [0, 0.05) is 33.8 Å². The smallest absolute Gasteiger partial charge is 0.272 e. The van der Waals surface area contributed by atoms with Gasteiger partial charge in [0.05, 0.1) is 6.20 Å². The summed E-state index contributed by atoms with van der Waals surface area (Å²) in [4.78, 5) is 6.81. The lowest BCUT2D eigenvalue weighted by molar-refractivity contribution is -0.361. The number of hydrogen-bond acceptors (Lipinski definition) is 1. The van der Waals surface area contributed by atoms with Crippen molar-refractivity contribution in [1.82, 2.24) is 4.98 Å². The first-order valence-electron chi connectivity index (χ1n) is 8.59. The van der Waals surface area contributed by atoms with E-state index in [4.69, 9.17) is 0 Å². The Morgan fingerprint density at radius 1 is 0.880 bits per heavy atom. The number of fused-ring (bicyclic) bond motifs is 1. The molecule has 0 fully saturated rings. The number of pyridine rings is 1. The molecule has 0 radical (unpaired) electrons. The Morgan fingerprint density at radius 2 is 1.64 bits per heavy atom. The second-order valence-electron chi connectivity index (χ2n) is 6.47. The van der Waals surface area contributed by atoms with Crippen LogP contribution in [0.15, 0.2) is 72.9 Å². The van der Waals surface area contributed by atoms with Crippen LogP contribution in [0.5, 0.6) is 0 Å². The molecule has 3 heteroatoms. The van der Waals surface area contributed by atoms with Crippen molar-refractivity contribution < 1.29 is 4.98 Å². The van der Waals surface area contributed by atoms with E-state index in [0.717, 1.165) is 5.82 Å². The molecule has 0 aliphatic heterocycles. The summed E-state index contributed by atoms with van der Waals surface area (Å²) in [6.07, 6.45) is 1.94. The number of nitrogens with one attached hydrogen (secondary N) is 3. The third kappa shape index (κ3) is 3.01. The second-order valence-corrected chi connectivity index (χ2v) is 6.47. The number of H-pyrrole nitrogens is 2. The zero-order chi connectivity index (χ0) is 17.2. The van der Waals surface area contributed by atoms with Crippen molar-refractivity contribution in [3.8, 4) is 0 Å². The second kappa shape index (κ2) is 6.44. The van der Waals surface area contributed by atoms with E-state index in [1.54, 1.807) is 0 Å². The van der Waals surface area contributed by atoms with Crippen LogP contribution in [0.3, 0.4) is 0 Å². The fraction of sp³-hybridized carbons (Fsp3) is 0.136. The summed E-state index contributed by atoms with van der Waals surface area (Å²) >= 11 is 0. The molecule has 3 N–H and O–H groups in total. The van der Waals surface area contributed by atoms with E-state index >= 15 is 0 Å². The van der Waals surface area contributed by atoms with E-state index in [-0.39, 0.29) is 6.04 Å². The number of aryl methyl sites for hydroxylation is 2. The Morgan fingerprint density at radius 3 is 2.40 bits per heavy atom. The molecule has 3 nitrogen and oxygen atoms in total. The van der Waals surface area contributed by atoms with Crippen LogP contribution in [-0.2, 0) is 0 Å². The first-order valence-corrected chi connectivity index (χ1v) is 8.59. The van der Waals surface area contributed by atoms with Crippen LogP contribution in [0, 0.1) is 13.8 Å². The number of rotatable bonds is 4. The molecule has 2 heterocycles. The Hall–Kier alpha value is -3.07. The van der Waals surface area contributed by atoms with Crippen LogP contribution in [0.1, 0.15) is 28.4 Å². The van der Waals surface area contributed by atoms with Gasteiger partial charge < -0.3 is 4.98 Å². The van der Waals surface area contributed by atoms with E-state index in [9.17, 15) is 0 Å². The van der Waals surface area contributed by atoms with Gasteiger partial charge in [-0.25, -0.2) is 4.98 Å². The fourth-order valence-corrected chi connectivity index (χ4v) is 3.39. The van der Waals surface area contributed by atoms with Gasteiger partial charge in [-0.3, -0.25) is 5.32 Å².